The van der Waals surface area contributed by atoms with Gasteiger partial charge in [-0.2, -0.15) is 0 Å². The number of nitrogens with zero attached hydrogens (tertiary/aromatic N) is 1. The summed E-state index contributed by atoms with van der Waals surface area (Å²) < 4.78 is 3.66. The zero-order chi connectivity index (χ0) is 25.5. The van der Waals surface area contributed by atoms with E-state index in [1.54, 1.807) is 0 Å². The number of fused-ring (bicyclic) bond motifs is 3. The lowest BCUT2D eigenvalue weighted by Gasteiger charge is -2.13. The molecule has 1 heterocycles. The average Bonchev–Trinajstić information content (AvgIpc) is 3.32. The molecule has 0 radical (unpaired) electrons. The molecule has 0 saturated carbocycles. The zero-order valence-corrected chi connectivity index (χ0v) is 22.5. The van der Waals surface area contributed by atoms with E-state index in [0.29, 0.717) is 0 Å². The monoisotopic (exact) mass is 551 g/mol. The summed E-state index contributed by atoms with van der Waals surface area (Å²) in [5.41, 5.74) is 11.3. The van der Waals surface area contributed by atoms with Gasteiger partial charge in [0.2, 0.25) is 0 Å². The van der Waals surface area contributed by atoms with Crippen LogP contribution in [-0.2, 0) is 0 Å². The van der Waals surface area contributed by atoms with Crippen LogP contribution in [0.2, 0.25) is 0 Å². The third kappa shape index (κ3) is 4.12. The van der Waals surface area contributed by atoms with Gasteiger partial charge in [-0.15, -0.1) is 0 Å². The van der Waals surface area contributed by atoms with Gasteiger partial charge < -0.3 is 4.57 Å². The number of rotatable bonds is 4. The molecule has 0 fully saturated rings. The van der Waals surface area contributed by atoms with E-state index in [1.807, 2.05) is 0 Å². The number of halogens is 1. The maximum atomic E-state index is 3.63. The van der Waals surface area contributed by atoms with Crippen LogP contribution in [0.3, 0.4) is 0 Å². The molecular formula is C36H26BrN. The van der Waals surface area contributed by atoms with E-state index in [0.717, 1.165) is 12.8 Å². The predicted molar refractivity (Wildman–Crippen MR) is 166 cm³/mol. The van der Waals surface area contributed by atoms with E-state index < -0.39 is 0 Å². The Hall–Kier alpha value is -4.14. The van der Waals surface area contributed by atoms with Crippen molar-refractivity contribution >= 4 is 43.3 Å². The topological polar surface area (TPSA) is 4.93 Å². The fourth-order valence-corrected chi connectivity index (χ4v) is 5.95. The summed E-state index contributed by atoms with van der Waals surface area (Å²) in [4.78, 5) is 0. The van der Waals surface area contributed by atoms with E-state index in [1.165, 1.54) is 65.4 Å². The van der Waals surface area contributed by atoms with Gasteiger partial charge in [-0.3, -0.25) is 0 Å². The summed E-state index contributed by atoms with van der Waals surface area (Å²) in [7, 11) is 0. The van der Waals surface area contributed by atoms with Crippen LogP contribution in [0, 0.1) is 0 Å². The highest BCUT2D eigenvalue weighted by atomic mass is 79.9. The normalized spacial score (nSPS) is 13.5. The molecule has 0 aliphatic heterocycles. The minimum atomic E-state index is 1.06. The first kappa shape index (κ1) is 23.0. The number of hydrogen-bond acceptors (Lipinski definition) is 0. The van der Waals surface area contributed by atoms with E-state index in [-0.39, 0.29) is 0 Å². The Morgan fingerprint density at radius 3 is 1.95 bits per heavy atom. The molecule has 0 unspecified atom stereocenters. The molecule has 0 atom stereocenters. The standard InChI is InChI=1S/C36H26BrN/c37-31-18-13-27(14-19-31)28-9-6-10-29(23-28)30-17-22-36-34(24-30)33-11-4-5-12-35(33)38(36)32-20-15-26(16-21-32)25-7-2-1-3-8-25/h1-13,15-18,20-24H,14,19H2. The lowest BCUT2D eigenvalue weighted by Crippen LogP contribution is -1.94. The fraction of sp³-hybridized carbons (Fsp3) is 0.0556. The minimum absolute atomic E-state index is 1.06. The van der Waals surface area contributed by atoms with Gasteiger partial charge >= 0.3 is 0 Å². The first-order valence-corrected chi connectivity index (χ1v) is 13.9. The Bertz CT molecular complexity index is 1850. The molecule has 0 N–H and O–H groups in total. The SMILES string of the molecule is BrC1=CC=C(c2cccc(-c3ccc4c(c3)c3ccccc3n4-c3ccc(-c4ccccc4)cc3)c2)CC1. The lowest BCUT2D eigenvalue weighted by atomic mass is 9.94. The smallest absolute Gasteiger partial charge is 0.0541 e. The number of aromatic nitrogens is 1. The molecule has 7 rings (SSSR count). The zero-order valence-electron chi connectivity index (χ0n) is 20.9. The van der Waals surface area contributed by atoms with Crippen molar-refractivity contribution in [2.45, 2.75) is 12.8 Å². The van der Waals surface area contributed by atoms with E-state index >= 15 is 0 Å². The van der Waals surface area contributed by atoms with Crippen molar-refractivity contribution in [1.82, 2.24) is 4.57 Å². The van der Waals surface area contributed by atoms with Crippen molar-refractivity contribution in [3.8, 4) is 27.9 Å². The second kappa shape index (κ2) is 9.63. The van der Waals surface area contributed by atoms with Crippen molar-refractivity contribution in [3.63, 3.8) is 0 Å². The minimum Gasteiger partial charge on any atom is -0.309 e. The highest BCUT2D eigenvalue weighted by Crippen LogP contribution is 2.36. The van der Waals surface area contributed by atoms with Crippen molar-refractivity contribution in [1.29, 1.82) is 0 Å². The maximum Gasteiger partial charge on any atom is 0.0541 e. The Morgan fingerprint density at radius 2 is 1.13 bits per heavy atom. The second-order valence-corrected chi connectivity index (χ2v) is 10.9. The number of para-hydroxylation sites is 1. The van der Waals surface area contributed by atoms with E-state index in [9.17, 15) is 0 Å². The number of hydrogen-bond donors (Lipinski definition) is 0. The Morgan fingerprint density at radius 1 is 0.474 bits per heavy atom. The van der Waals surface area contributed by atoms with Gasteiger partial charge in [0, 0.05) is 16.5 Å². The molecule has 5 aromatic carbocycles. The molecule has 0 spiro atoms. The summed E-state index contributed by atoms with van der Waals surface area (Å²) in [5.74, 6) is 0. The van der Waals surface area contributed by atoms with Crippen molar-refractivity contribution in [2.75, 3.05) is 0 Å². The summed E-state index contributed by atoms with van der Waals surface area (Å²) >= 11 is 3.63. The molecule has 38 heavy (non-hydrogen) atoms. The van der Waals surface area contributed by atoms with Crippen LogP contribution >= 0.6 is 15.9 Å². The summed E-state index contributed by atoms with van der Waals surface area (Å²) in [6.45, 7) is 0. The molecule has 1 aliphatic carbocycles. The Labute approximate surface area is 231 Å². The van der Waals surface area contributed by atoms with Crippen molar-refractivity contribution in [2.24, 2.45) is 0 Å². The summed E-state index contributed by atoms with van der Waals surface area (Å²) in [6, 6.07) is 44.1. The molecule has 6 aromatic rings. The predicted octanol–water partition coefficient (Wildman–Crippen LogP) is 10.6. The number of benzene rings is 5. The van der Waals surface area contributed by atoms with Gasteiger partial charge in [-0.1, -0.05) is 113 Å². The average molecular weight is 553 g/mol. The quantitative estimate of drug-likeness (QED) is 0.205. The molecule has 0 saturated heterocycles. The lowest BCUT2D eigenvalue weighted by molar-refractivity contribution is 1.04. The second-order valence-electron chi connectivity index (χ2n) is 9.88. The molecule has 1 aromatic heterocycles. The summed E-state index contributed by atoms with van der Waals surface area (Å²) in [6.07, 6.45) is 6.55. The van der Waals surface area contributed by atoms with Crippen LogP contribution in [0.1, 0.15) is 18.4 Å². The van der Waals surface area contributed by atoms with Gasteiger partial charge in [-0.05, 0) is 87.1 Å². The Balaban J connectivity index is 1.33. The highest BCUT2D eigenvalue weighted by Gasteiger charge is 2.14. The highest BCUT2D eigenvalue weighted by molar-refractivity contribution is 9.11. The van der Waals surface area contributed by atoms with E-state index in [4.69, 9.17) is 0 Å². The fourth-order valence-electron chi connectivity index (χ4n) is 5.62. The van der Waals surface area contributed by atoms with Crippen LogP contribution in [0.25, 0.3) is 55.3 Å². The van der Waals surface area contributed by atoms with Gasteiger partial charge in [0.15, 0.2) is 0 Å². The summed E-state index contributed by atoms with van der Waals surface area (Å²) in [5, 5.41) is 2.55. The first-order valence-electron chi connectivity index (χ1n) is 13.1. The van der Waals surface area contributed by atoms with Crippen LogP contribution in [0.15, 0.2) is 138 Å². The molecule has 2 heteroatoms. The van der Waals surface area contributed by atoms with Gasteiger partial charge in [0.1, 0.15) is 0 Å². The van der Waals surface area contributed by atoms with Crippen molar-refractivity contribution in [3.05, 3.63) is 144 Å². The number of allylic oxidation sites excluding steroid dienone is 4. The van der Waals surface area contributed by atoms with Gasteiger partial charge in [-0.25, -0.2) is 0 Å². The molecular weight excluding hydrogens is 526 g/mol. The molecule has 0 bridgehead atoms. The maximum absolute atomic E-state index is 3.63. The van der Waals surface area contributed by atoms with Gasteiger partial charge in [0.05, 0.1) is 11.0 Å². The molecule has 0 amide bonds. The van der Waals surface area contributed by atoms with Gasteiger partial charge in [0.25, 0.3) is 0 Å². The van der Waals surface area contributed by atoms with Crippen LogP contribution in [0.5, 0.6) is 0 Å². The molecule has 182 valence electrons. The third-order valence-corrected chi connectivity index (χ3v) is 8.23. The van der Waals surface area contributed by atoms with Crippen LogP contribution in [-0.4, -0.2) is 4.57 Å². The molecule has 1 aliphatic rings. The molecule has 1 nitrogen and oxygen atoms in total. The van der Waals surface area contributed by atoms with Crippen molar-refractivity contribution < 1.29 is 0 Å². The third-order valence-electron chi connectivity index (χ3n) is 7.57. The Kier molecular flexibility index (Phi) is 5.83. The van der Waals surface area contributed by atoms with Crippen LogP contribution in [0.4, 0.5) is 0 Å². The first-order chi connectivity index (χ1) is 18.7. The van der Waals surface area contributed by atoms with E-state index in [2.05, 4.69) is 154 Å². The van der Waals surface area contributed by atoms with Crippen LogP contribution < -0.4 is 0 Å². The largest absolute Gasteiger partial charge is 0.309 e.